The third-order valence-corrected chi connectivity index (χ3v) is 6.86. The van der Waals surface area contributed by atoms with E-state index < -0.39 is 105 Å². The van der Waals surface area contributed by atoms with E-state index in [2.05, 4.69) is 4.74 Å². The predicted molar refractivity (Wildman–Crippen MR) is 117 cm³/mol. The van der Waals surface area contributed by atoms with Crippen molar-refractivity contribution in [2.45, 2.75) is 92.2 Å². The smallest absolute Gasteiger partial charge is 0.187 e. The minimum absolute atomic E-state index is 0.228. The summed E-state index contributed by atoms with van der Waals surface area (Å²) in [4.78, 5) is 0. The summed E-state index contributed by atoms with van der Waals surface area (Å²) in [6, 6.07) is 0. The maximum Gasteiger partial charge on any atom is 0.187 e. The maximum atomic E-state index is 10.3. The van der Waals surface area contributed by atoms with Gasteiger partial charge in [0.15, 0.2) is 12.6 Å². The van der Waals surface area contributed by atoms with E-state index in [1.807, 2.05) is 0 Å². The van der Waals surface area contributed by atoms with Gasteiger partial charge >= 0.3 is 0 Å². The Morgan fingerprint density at radius 2 is 1.19 bits per heavy atom. The van der Waals surface area contributed by atoms with Crippen LogP contribution in [0.3, 0.4) is 0 Å². The van der Waals surface area contributed by atoms with Crippen LogP contribution in [0, 0.1) is 5.92 Å². The maximum absolute atomic E-state index is 10.3. The molecule has 0 aromatic rings. The number of rotatable bonds is 7. The van der Waals surface area contributed by atoms with Crippen molar-refractivity contribution in [3.63, 3.8) is 0 Å². The van der Waals surface area contributed by atoms with E-state index in [1.165, 1.54) is 14.2 Å². The number of ether oxygens (including phenoxy) is 5. The fraction of sp³-hybridized carbons (Fsp3) is 1.00. The molecule has 0 bridgehead atoms. The second-order valence-corrected chi connectivity index (χ2v) is 9.16. The molecule has 0 aromatic carbocycles. The number of methoxy groups -OCH3 is 2. The van der Waals surface area contributed by atoms with Gasteiger partial charge in [-0.25, -0.2) is 0 Å². The molecule has 16 nitrogen and oxygen atoms in total. The molecular weight excluding hydrogens is 508 g/mol. The summed E-state index contributed by atoms with van der Waals surface area (Å²) in [6.07, 6.45) is -17.3. The highest BCUT2D eigenvalue weighted by Crippen LogP contribution is 2.33. The molecule has 3 rings (SSSR count). The zero-order chi connectivity index (χ0) is 28.0. The van der Waals surface area contributed by atoms with E-state index in [-0.39, 0.29) is 13.0 Å². The highest BCUT2D eigenvalue weighted by molar-refractivity contribution is 4.96. The average Bonchev–Trinajstić information content (AvgIpc) is 2.90. The lowest BCUT2D eigenvalue weighted by molar-refractivity contribution is -0.332. The Balaban J connectivity index is 0.000000335. The molecule has 3 fully saturated rings. The van der Waals surface area contributed by atoms with E-state index in [1.54, 1.807) is 0 Å². The van der Waals surface area contributed by atoms with Crippen molar-refractivity contribution in [2.24, 2.45) is 5.92 Å². The van der Waals surface area contributed by atoms with Crippen LogP contribution in [0.2, 0.25) is 0 Å². The molecule has 2 aliphatic heterocycles. The molecule has 15 atom stereocenters. The van der Waals surface area contributed by atoms with Gasteiger partial charge in [-0.3, -0.25) is 0 Å². The molecule has 3 aliphatic rings. The lowest BCUT2D eigenvalue weighted by Gasteiger charge is -2.46. The molecule has 0 radical (unpaired) electrons. The summed E-state index contributed by atoms with van der Waals surface area (Å²) < 4.78 is 25.7. The molecule has 37 heavy (non-hydrogen) atoms. The summed E-state index contributed by atoms with van der Waals surface area (Å²) >= 11 is 0. The first-order chi connectivity index (χ1) is 17.5. The summed E-state index contributed by atoms with van der Waals surface area (Å²) in [5.74, 6) is -0.580. The summed E-state index contributed by atoms with van der Waals surface area (Å²) in [5, 5.41) is 104. The summed E-state index contributed by atoms with van der Waals surface area (Å²) in [5.41, 5.74) is 0. The van der Waals surface area contributed by atoms with Crippen LogP contribution in [0.5, 0.6) is 0 Å². The number of hydrogen-bond donors (Lipinski definition) is 11. The van der Waals surface area contributed by atoms with Crippen molar-refractivity contribution in [1.29, 1.82) is 0 Å². The molecule has 1 saturated carbocycles. The second-order valence-electron chi connectivity index (χ2n) is 9.16. The Morgan fingerprint density at radius 3 is 1.70 bits per heavy atom. The molecular formula is C21H40O16. The van der Waals surface area contributed by atoms with Crippen LogP contribution in [0.25, 0.3) is 0 Å². The lowest BCUT2D eigenvalue weighted by atomic mass is 9.81. The largest absolute Gasteiger partial charge is 0.396 e. The van der Waals surface area contributed by atoms with Gasteiger partial charge in [0.05, 0.1) is 25.4 Å². The van der Waals surface area contributed by atoms with Gasteiger partial charge in [0, 0.05) is 26.7 Å². The van der Waals surface area contributed by atoms with Crippen molar-refractivity contribution < 1.29 is 79.9 Å². The molecule has 220 valence electrons. The van der Waals surface area contributed by atoms with Crippen molar-refractivity contribution in [3.8, 4) is 0 Å². The molecule has 0 aromatic heterocycles. The van der Waals surface area contributed by atoms with E-state index in [0.29, 0.717) is 0 Å². The van der Waals surface area contributed by atoms with E-state index in [0.717, 1.165) is 0 Å². The molecule has 11 N–H and O–H groups in total. The molecule has 2 saturated heterocycles. The monoisotopic (exact) mass is 548 g/mol. The van der Waals surface area contributed by atoms with E-state index in [4.69, 9.17) is 44.5 Å². The zero-order valence-electron chi connectivity index (χ0n) is 20.4. The van der Waals surface area contributed by atoms with Crippen LogP contribution >= 0.6 is 0 Å². The van der Waals surface area contributed by atoms with Crippen LogP contribution in [0.15, 0.2) is 0 Å². The van der Waals surface area contributed by atoms with Gasteiger partial charge in [-0.2, -0.15) is 0 Å². The lowest BCUT2D eigenvalue weighted by Crippen LogP contribution is -2.63. The molecule has 1 aliphatic carbocycles. The van der Waals surface area contributed by atoms with Gasteiger partial charge < -0.3 is 79.9 Å². The van der Waals surface area contributed by atoms with Crippen molar-refractivity contribution in [1.82, 2.24) is 0 Å². The Bertz CT molecular complexity index is 649. The fourth-order valence-corrected chi connectivity index (χ4v) is 4.56. The molecule has 0 spiro atoms. The van der Waals surface area contributed by atoms with Gasteiger partial charge in [0.25, 0.3) is 0 Å². The van der Waals surface area contributed by atoms with Crippen molar-refractivity contribution in [3.05, 3.63) is 0 Å². The molecule has 16 heteroatoms. The fourth-order valence-electron chi connectivity index (χ4n) is 4.56. The number of aliphatic hydroxyl groups is 11. The zero-order valence-corrected chi connectivity index (χ0v) is 20.4. The van der Waals surface area contributed by atoms with Crippen molar-refractivity contribution in [2.75, 3.05) is 34.0 Å². The van der Waals surface area contributed by atoms with Gasteiger partial charge in [-0.05, 0) is 6.42 Å². The third-order valence-electron chi connectivity index (χ3n) is 6.86. The first-order valence-electron chi connectivity index (χ1n) is 11.8. The van der Waals surface area contributed by atoms with Crippen molar-refractivity contribution >= 4 is 0 Å². The SMILES string of the molecule is COC1CC(CO)C(OC2OC(CO)C(OC)C(O)C2O)C(O)C1O.OCC1OC(O)C(O)C(O)C1O. The van der Waals surface area contributed by atoms with Crippen LogP contribution in [-0.2, 0) is 23.7 Å². The minimum Gasteiger partial charge on any atom is -0.396 e. The molecule has 15 unspecified atom stereocenters. The van der Waals surface area contributed by atoms with E-state index in [9.17, 15) is 30.6 Å². The Labute approximate surface area is 212 Å². The van der Waals surface area contributed by atoms with Gasteiger partial charge in [0.2, 0.25) is 0 Å². The third kappa shape index (κ3) is 7.31. The Morgan fingerprint density at radius 1 is 0.595 bits per heavy atom. The van der Waals surface area contributed by atoms with E-state index >= 15 is 0 Å². The summed E-state index contributed by atoms with van der Waals surface area (Å²) in [6.45, 7) is -1.35. The van der Waals surface area contributed by atoms with Crippen LogP contribution in [-0.4, -0.2) is 176 Å². The normalized spacial score (nSPS) is 48.7. The van der Waals surface area contributed by atoms with Gasteiger partial charge in [-0.15, -0.1) is 0 Å². The number of aliphatic hydroxyl groups excluding tert-OH is 11. The Hall–Kier alpha value is -0.640. The average molecular weight is 549 g/mol. The van der Waals surface area contributed by atoms with Crippen LogP contribution < -0.4 is 0 Å². The quantitative estimate of drug-likeness (QED) is 0.141. The topological polar surface area (TPSA) is 269 Å². The predicted octanol–water partition coefficient (Wildman–Crippen LogP) is -6.65. The highest BCUT2D eigenvalue weighted by atomic mass is 16.7. The van der Waals surface area contributed by atoms with Gasteiger partial charge in [-0.1, -0.05) is 0 Å². The van der Waals surface area contributed by atoms with Gasteiger partial charge in [0.1, 0.15) is 61.0 Å². The first kappa shape index (κ1) is 32.6. The molecule has 0 amide bonds. The Kier molecular flexibility index (Phi) is 12.9. The highest BCUT2D eigenvalue weighted by Gasteiger charge is 2.50. The standard InChI is InChI=1S/C15H28O10.C6H12O6/c1-22-7-3-6(4-16)13(10(19)9(7)18)25-15-12(21)11(20)14(23-2)8(5-17)24-15;7-1-2-3(8)4(9)5(10)6(11)12-2/h6-21H,3-5H2,1-2H3;2-11H,1H2. The first-order valence-corrected chi connectivity index (χ1v) is 11.8. The number of hydrogen-bond acceptors (Lipinski definition) is 16. The van der Waals surface area contributed by atoms with Crippen LogP contribution in [0.4, 0.5) is 0 Å². The minimum atomic E-state index is -1.57. The molecule has 2 heterocycles. The second kappa shape index (κ2) is 14.7. The van der Waals surface area contributed by atoms with Crippen LogP contribution in [0.1, 0.15) is 6.42 Å². The summed E-state index contributed by atoms with van der Waals surface area (Å²) in [7, 11) is 2.69.